The number of nitriles is 1. The maximum Gasteiger partial charge on any atom is 0.102 e. The van der Waals surface area contributed by atoms with Gasteiger partial charge < -0.3 is 10.5 Å². The van der Waals surface area contributed by atoms with Gasteiger partial charge in [-0.25, -0.2) is 0 Å². The van der Waals surface area contributed by atoms with Gasteiger partial charge in [-0.1, -0.05) is 33.8 Å². The van der Waals surface area contributed by atoms with Crippen molar-refractivity contribution in [3.63, 3.8) is 0 Å². The van der Waals surface area contributed by atoms with Crippen LogP contribution in [0.2, 0.25) is 0 Å². The van der Waals surface area contributed by atoms with E-state index in [2.05, 4.69) is 33.8 Å². The second-order valence-corrected chi connectivity index (χ2v) is 6.41. The average molecular weight is 272 g/mol. The summed E-state index contributed by atoms with van der Waals surface area (Å²) in [5.41, 5.74) is 9.35. The van der Waals surface area contributed by atoms with Gasteiger partial charge in [-0.2, -0.15) is 5.26 Å². The van der Waals surface area contributed by atoms with Crippen LogP contribution >= 0.6 is 0 Å². The van der Waals surface area contributed by atoms with Crippen LogP contribution in [0.5, 0.6) is 0 Å². The topological polar surface area (TPSA) is 59.0 Å². The molecule has 0 spiro atoms. The molecule has 2 rings (SSSR count). The molecule has 1 unspecified atom stereocenters. The summed E-state index contributed by atoms with van der Waals surface area (Å²) in [7, 11) is 0. The van der Waals surface area contributed by atoms with Crippen molar-refractivity contribution in [2.45, 2.75) is 46.1 Å². The minimum atomic E-state index is -0.151. The zero-order valence-electron chi connectivity index (χ0n) is 13.0. The van der Waals surface area contributed by atoms with Crippen LogP contribution in [-0.4, -0.2) is 6.61 Å². The van der Waals surface area contributed by atoms with E-state index in [0.29, 0.717) is 29.7 Å². The standard InChI is InChI=1S/C17H24N2O/c1-10(2)17(11(3)4)9-20-12(5)13-6-7-15(19)14(8-18)16(13)17/h6-7,10-12H,9,19H2,1-5H3. The van der Waals surface area contributed by atoms with E-state index in [1.807, 2.05) is 19.1 Å². The molecule has 1 aromatic carbocycles. The smallest absolute Gasteiger partial charge is 0.102 e. The van der Waals surface area contributed by atoms with E-state index < -0.39 is 0 Å². The highest BCUT2D eigenvalue weighted by Crippen LogP contribution is 2.49. The zero-order chi connectivity index (χ0) is 15.1. The van der Waals surface area contributed by atoms with E-state index in [0.717, 1.165) is 11.1 Å². The van der Waals surface area contributed by atoms with E-state index in [4.69, 9.17) is 10.5 Å². The first-order valence-corrected chi connectivity index (χ1v) is 7.30. The van der Waals surface area contributed by atoms with Crippen molar-refractivity contribution < 1.29 is 4.74 Å². The van der Waals surface area contributed by atoms with Crippen LogP contribution in [0.3, 0.4) is 0 Å². The summed E-state index contributed by atoms with van der Waals surface area (Å²) in [5.74, 6) is 0.755. The van der Waals surface area contributed by atoms with E-state index in [1.165, 1.54) is 0 Å². The second kappa shape index (κ2) is 5.10. The van der Waals surface area contributed by atoms with Gasteiger partial charge in [0, 0.05) is 11.1 Å². The summed E-state index contributed by atoms with van der Waals surface area (Å²) in [6, 6.07) is 6.18. The van der Waals surface area contributed by atoms with Crippen molar-refractivity contribution in [3.8, 4) is 6.07 Å². The highest BCUT2D eigenvalue weighted by molar-refractivity contribution is 5.63. The molecule has 20 heavy (non-hydrogen) atoms. The molecule has 2 N–H and O–H groups in total. The zero-order valence-corrected chi connectivity index (χ0v) is 13.0. The summed E-state index contributed by atoms with van der Waals surface area (Å²) >= 11 is 0. The third-order valence-electron chi connectivity index (χ3n) is 4.92. The van der Waals surface area contributed by atoms with Crippen molar-refractivity contribution in [2.75, 3.05) is 12.3 Å². The van der Waals surface area contributed by atoms with Gasteiger partial charge >= 0.3 is 0 Å². The monoisotopic (exact) mass is 272 g/mol. The van der Waals surface area contributed by atoms with Gasteiger partial charge in [0.25, 0.3) is 0 Å². The molecule has 1 aliphatic heterocycles. The highest BCUT2D eigenvalue weighted by Gasteiger charge is 2.46. The van der Waals surface area contributed by atoms with Crippen molar-refractivity contribution in [3.05, 3.63) is 28.8 Å². The fourth-order valence-electron chi connectivity index (χ4n) is 3.60. The lowest BCUT2D eigenvalue weighted by Gasteiger charge is -2.47. The van der Waals surface area contributed by atoms with Crippen molar-refractivity contribution in [2.24, 2.45) is 11.8 Å². The summed E-state index contributed by atoms with van der Waals surface area (Å²) in [6.45, 7) is 11.5. The van der Waals surface area contributed by atoms with Gasteiger partial charge in [0.05, 0.1) is 18.3 Å². The van der Waals surface area contributed by atoms with Gasteiger partial charge in [0.2, 0.25) is 0 Å². The molecule has 3 heteroatoms. The Morgan fingerprint density at radius 1 is 1.30 bits per heavy atom. The molecule has 0 aromatic heterocycles. The van der Waals surface area contributed by atoms with E-state index in [-0.39, 0.29) is 11.5 Å². The molecule has 108 valence electrons. The van der Waals surface area contributed by atoms with E-state index in [9.17, 15) is 5.26 Å². The second-order valence-electron chi connectivity index (χ2n) is 6.41. The van der Waals surface area contributed by atoms with Gasteiger partial charge in [-0.3, -0.25) is 0 Å². The molecule has 0 bridgehead atoms. The Morgan fingerprint density at radius 2 is 1.90 bits per heavy atom. The number of nitrogens with zero attached hydrogens (tertiary/aromatic N) is 1. The first-order chi connectivity index (χ1) is 9.36. The number of nitrogens with two attached hydrogens (primary N) is 1. The molecule has 0 saturated carbocycles. The third-order valence-corrected chi connectivity index (χ3v) is 4.92. The molecule has 1 atom stereocenters. The lowest BCUT2D eigenvalue weighted by Crippen LogP contribution is -2.47. The molecule has 1 aromatic rings. The number of benzene rings is 1. The molecule has 1 aliphatic rings. The Hall–Kier alpha value is -1.53. The quantitative estimate of drug-likeness (QED) is 0.833. The maximum atomic E-state index is 9.59. The van der Waals surface area contributed by atoms with Gasteiger partial charge in [0.15, 0.2) is 0 Å². The number of ether oxygens (including phenoxy) is 1. The Balaban J connectivity index is 2.84. The molecule has 1 heterocycles. The highest BCUT2D eigenvalue weighted by atomic mass is 16.5. The maximum absolute atomic E-state index is 9.59. The van der Waals surface area contributed by atoms with Crippen molar-refractivity contribution in [1.82, 2.24) is 0 Å². The van der Waals surface area contributed by atoms with Crippen LogP contribution in [0, 0.1) is 23.2 Å². The summed E-state index contributed by atoms with van der Waals surface area (Å²) < 4.78 is 6.03. The number of hydrogen-bond acceptors (Lipinski definition) is 3. The molecule has 0 saturated heterocycles. The number of anilines is 1. The minimum absolute atomic E-state index is 0.0170. The van der Waals surface area contributed by atoms with Gasteiger partial charge in [0.1, 0.15) is 6.07 Å². The first-order valence-electron chi connectivity index (χ1n) is 7.30. The summed E-state index contributed by atoms with van der Waals surface area (Å²) in [6.07, 6.45) is 0.0170. The molecule has 0 amide bonds. The first kappa shape index (κ1) is 14.9. The lowest BCUT2D eigenvalue weighted by atomic mass is 9.61. The van der Waals surface area contributed by atoms with Crippen molar-refractivity contribution in [1.29, 1.82) is 5.26 Å². The van der Waals surface area contributed by atoms with E-state index in [1.54, 1.807) is 0 Å². The number of nitrogen functional groups attached to an aromatic ring is 1. The molecular weight excluding hydrogens is 248 g/mol. The van der Waals surface area contributed by atoms with Crippen molar-refractivity contribution >= 4 is 5.69 Å². The molecule has 0 aliphatic carbocycles. The predicted octanol–water partition coefficient (Wildman–Crippen LogP) is 3.78. The fraction of sp³-hybridized carbons (Fsp3) is 0.588. The van der Waals surface area contributed by atoms with Crippen LogP contribution in [0.15, 0.2) is 12.1 Å². The third kappa shape index (κ3) is 1.91. The predicted molar refractivity (Wildman–Crippen MR) is 81.3 cm³/mol. The van der Waals surface area contributed by atoms with Crippen LogP contribution < -0.4 is 5.73 Å². The average Bonchev–Trinajstić information content (AvgIpc) is 2.38. The molecular formula is C17H24N2O. The SMILES string of the molecule is CC1OCC(C(C)C)(C(C)C)c2c1ccc(N)c2C#N. The van der Waals surface area contributed by atoms with E-state index >= 15 is 0 Å². The van der Waals surface area contributed by atoms with Crippen LogP contribution in [-0.2, 0) is 10.2 Å². The Morgan fingerprint density at radius 3 is 2.40 bits per heavy atom. The van der Waals surface area contributed by atoms with Gasteiger partial charge in [-0.15, -0.1) is 0 Å². The van der Waals surface area contributed by atoms with Crippen LogP contribution in [0.4, 0.5) is 5.69 Å². The summed E-state index contributed by atoms with van der Waals surface area (Å²) in [4.78, 5) is 0. The van der Waals surface area contributed by atoms with Gasteiger partial charge in [-0.05, 0) is 36.0 Å². The Kier molecular flexibility index (Phi) is 3.80. The molecule has 3 nitrogen and oxygen atoms in total. The minimum Gasteiger partial charge on any atom is -0.398 e. The molecule has 0 fully saturated rings. The normalized spacial score (nSPS) is 20.8. The van der Waals surface area contributed by atoms with Crippen LogP contribution in [0.1, 0.15) is 57.4 Å². The largest absolute Gasteiger partial charge is 0.398 e. The fourth-order valence-corrected chi connectivity index (χ4v) is 3.60. The molecule has 0 radical (unpaired) electrons. The number of rotatable bonds is 2. The number of fused-ring (bicyclic) bond motifs is 1. The lowest BCUT2D eigenvalue weighted by molar-refractivity contribution is -0.0255. The Bertz CT molecular complexity index is 547. The number of hydrogen-bond donors (Lipinski definition) is 1. The summed E-state index contributed by atoms with van der Waals surface area (Å²) in [5, 5.41) is 9.59. The Labute approximate surface area is 121 Å². The van der Waals surface area contributed by atoms with Crippen LogP contribution in [0.25, 0.3) is 0 Å².